The molecule has 1 aromatic carbocycles. The lowest BCUT2D eigenvalue weighted by Crippen LogP contribution is -2.46. The molecule has 2 aliphatic heterocycles. The van der Waals surface area contributed by atoms with Crippen molar-refractivity contribution in [2.45, 2.75) is 25.8 Å². The second kappa shape index (κ2) is 4.19. The van der Waals surface area contributed by atoms with Crippen LogP contribution in [-0.4, -0.2) is 35.2 Å². The van der Waals surface area contributed by atoms with E-state index in [-0.39, 0.29) is 17.7 Å². The van der Waals surface area contributed by atoms with Gasteiger partial charge in [0.05, 0.1) is 11.3 Å². The van der Waals surface area contributed by atoms with Crippen LogP contribution in [0.3, 0.4) is 0 Å². The van der Waals surface area contributed by atoms with E-state index in [4.69, 9.17) is 0 Å². The van der Waals surface area contributed by atoms with Crippen LogP contribution in [0.1, 0.15) is 30.1 Å². The Kier molecular flexibility index (Phi) is 2.62. The predicted octanol–water partition coefficient (Wildman–Crippen LogP) is 1.18. The summed E-state index contributed by atoms with van der Waals surface area (Å²) in [7, 11) is 0. The van der Waals surface area contributed by atoms with Crippen molar-refractivity contribution in [2.75, 3.05) is 11.4 Å². The van der Waals surface area contributed by atoms with Crippen LogP contribution in [0.25, 0.3) is 0 Å². The van der Waals surface area contributed by atoms with E-state index in [1.54, 1.807) is 29.2 Å². The third-order valence-corrected chi connectivity index (χ3v) is 3.71. The molecule has 2 heterocycles. The Morgan fingerprint density at radius 3 is 2.74 bits per heavy atom. The summed E-state index contributed by atoms with van der Waals surface area (Å²) in [6.45, 7) is 1.93. The van der Waals surface area contributed by atoms with E-state index in [1.807, 2.05) is 0 Å². The van der Waals surface area contributed by atoms with Crippen molar-refractivity contribution in [3.05, 3.63) is 29.8 Å². The number of amides is 3. The molecule has 0 radical (unpaired) electrons. The van der Waals surface area contributed by atoms with Gasteiger partial charge in [0.25, 0.3) is 11.8 Å². The van der Waals surface area contributed by atoms with E-state index in [9.17, 15) is 14.4 Å². The van der Waals surface area contributed by atoms with Crippen molar-refractivity contribution in [1.29, 1.82) is 0 Å². The van der Waals surface area contributed by atoms with Crippen LogP contribution in [0.2, 0.25) is 0 Å². The molecule has 5 heteroatoms. The Balaban J connectivity index is 2.21. The van der Waals surface area contributed by atoms with E-state index in [2.05, 4.69) is 0 Å². The van der Waals surface area contributed by atoms with E-state index < -0.39 is 6.04 Å². The van der Waals surface area contributed by atoms with Gasteiger partial charge in [-0.05, 0) is 25.0 Å². The Morgan fingerprint density at radius 2 is 2.00 bits per heavy atom. The monoisotopic (exact) mass is 258 g/mol. The predicted molar refractivity (Wildman–Crippen MR) is 68.7 cm³/mol. The maximum Gasteiger partial charge on any atom is 0.256 e. The average molecular weight is 258 g/mol. The number of nitrogens with zero attached hydrogens (tertiary/aromatic N) is 2. The summed E-state index contributed by atoms with van der Waals surface area (Å²) in [6, 6.07) is 6.29. The highest BCUT2D eigenvalue weighted by atomic mass is 16.2. The number of carbonyl (C=O) groups excluding carboxylic acids is 3. The average Bonchev–Trinajstić information content (AvgIpc) is 2.84. The van der Waals surface area contributed by atoms with Crippen molar-refractivity contribution in [2.24, 2.45) is 0 Å². The minimum atomic E-state index is -0.496. The lowest BCUT2D eigenvalue weighted by atomic mass is 10.1. The number of hydrogen-bond acceptors (Lipinski definition) is 3. The number of carbonyl (C=O) groups is 3. The molecule has 1 saturated heterocycles. The van der Waals surface area contributed by atoms with Gasteiger partial charge in [-0.25, -0.2) is 4.90 Å². The van der Waals surface area contributed by atoms with Crippen LogP contribution in [0, 0.1) is 0 Å². The molecule has 3 rings (SSSR count). The maximum atomic E-state index is 12.5. The molecule has 5 nitrogen and oxygen atoms in total. The zero-order chi connectivity index (χ0) is 13.6. The summed E-state index contributed by atoms with van der Waals surface area (Å²) in [5.74, 6) is -0.794. The molecule has 0 spiro atoms. The quantitative estimate of drug-likeness (QED) is 0.702. The third-order valence-electron chi connectivity index (χ3n) is 3.71. The van der Waals surface area contributed by atoms with Crippen molar-refractivity contribution < 1.29 is 14.4 Å². The summed E-state index contributed by atoms with van der Waals surface area (Å²) >= 11 is 0. The van der Waals surface area contributed by atoms with Gasteiger partial charge < -0.3 is 4.90 Å². The molecule has 3 amide bonds. The number of hydrogen-bond donors (Lipinski definition) is 0. The van der Waals surface area contributed by atoms with Gasteiger partial charge in [0.15, 0.2) is 0 Å². The smallest absolute Gasteiger partial charge is 0.256 e. The van der Waals surface area contributed by atoms with Crippen molar-refractivity contribution in [3.8, 4) is 0 Å². The number of anilines is 1. The lowest BCUT2D eigenvalue weighted by molar-refractivity contribution is -0.127. The third kappa shape index (κ3) is 1.65. The number of para-hydroxylation sites is 1. The molecule has 1 aromatic rings. The first-order chi connectivity index (χ1) is 9.11. The first-order valence-electron chi connectivity index (χ1n) is 6.36. The fourth-order valence-corrected chi connectivity index (χ4v) is 2.86. The molecule has 98 valence electrons. The van der Waals surface area contributed by atoms with Crippen LogP contribution in [0.15, 0.2) is 24.3 Å². The van der Waals surface area contributed by atoms with Gasteiger partial charge in [-0.2, -0.15) is 0 Å². The molecular formula is C14H14N2O3. The minimum Gasteiger partial charge on any atom is -0.327 e. The molecule has 0 saturated carbocycles. The van der Waals surface area contributed by atoms with Crippen LogP contribution in [-0.2, 0) is 9.59 Å². The molecule has 1 fully saturated rings. The Bertz CT molecular complexity index is 582. The summed E-state index contributed by atoms with van der Waals surface area (Å²) in [6.07, 6.45) is 1.43. The molecule has 0 aliphatic carbocycles. The zero-order valence-electron chi connectivity index (χ0n) is 10.6. The van der Waals surface area contributed by atoms with Crippen LogP contribution in [0.4, 0.5) is 5.69 Å². The summed E-state index contributed by atoms with van der Waals surface area (Å²) in [5.41, 5.74) is 0.829. The van der Waals surface area contributed by atoms with E-state index in [1.165, 1.54) is 6.92 Å². The highest BCUT2D eigenvalue weighted by Crippen LogP contribution is 2.32. The number of rotatable bonds is 0. The van der Waals surface area contributed by atoms with Crippen LogP contribution < -0.4 is 4.90 Å². The maximum absolute atomic E-state index is 12.5. The summed E-state index contributed by atoms with van der Waals surface area (Å²) < 4.78 is 0. The van der Waals surface area contributed by atoms with E-state index in [0.29, 0.717) is 24.2 Å². The van der Waals surface area contributed by atoms with Crippen molar-refractivity contribution in [3.63, 3.8) is 0 Å². The van der Waals surface area contributed by atoms with Gasteiger partial charge in [0, 0.05) is 13.5 Å². The normalized spacial score (nSPS) is 22.1. The standard InChI is InChI=1S/C14H14N2O3/c1-9(17)16-11-6-3-2-5-10(11)13(18)15-8-4-7-12(15)14(16)19/h2-3,5-6,12H,4,7-8H2,1H3/t12-/m0/s1. The number of imide groups is 1. The highest BCUT2D eigenvalue weighted by Gasteiger charge is 2.43. The molecule has 0 N–H and O–H groups in total. The largest absolute Gasteiger partial charge is 0.327 e. The van der Waals surface area contributed by atoms with Crippen molar-refractivity contribution >= 4 is 23.4 Å². The van der Waals surface area contributed by atoms with Gasteiger partial charge in [-0.15, -0.1) is 0 Å². The molecule has 0 aromatic heterocycles. The van der Waals surface area contributed by atoms with Gasteiger partial charge in [-0.3, -0.25) is 14.4 Å². The van der Waals surface area contributed by atoms with E-state index >= 15 is 0 Å². The van der Waals surface area contributed by atoms with Gasteiger partial charge >= 0.3 is 0 Å². The first-order valence-corrected chi connectivity index (χ1v) is 6.36. The molecule has 0 bridgehead atoms. The zero-order valence-corrected chi connectivity index (χ0v) is 10.6. The number of fused-ring (bicyclic) bond motifs is 2. The topological polar surface area (TPSA) is 57.7 Å². The Labute approximate surface area is 110 Å². The summed E-state index contributed by atoms with van der Waals surface area (Å²) in [5, 5.41) is 0. The van der Waals surface area contributed by atoms with E-state index in [0.717, 1.165) is 11.3 Å². The molecule has 0 unspecified atom stereocenters. The first kappa shape index (κ1) is 11.9. The van der Waals surface area contributed by atoms with Gasteiger partial charge in [-0.1, -0.05) is 12.1 Å². The molecule has 2 aliphatic rings. The second-order valence-corrected chi connectivity index (χ2v) is 4.87. The fraction of sp³-hybridized carbons (Fsp3) is 0.357. The van der Waals surface area contributed by atoms with Crippen LogP contribution in [0.5, 0.6) is 0 Å². The minimum absolute atomic E-state index is 0.157. The number of benzene rings is 1. The molecule has 19 heavy (non-hydrogen) atoms. The van der Waals surface area contributed by atoms with Crippen LogP contribution >= 0.6 is 0 Å². The molecular weight excluding hydrogens is 244 g/mol. The SMILES string of the molecule is CC(=O)N1C(=O)[C@@H]2CCCN2C(=O)c2ccccc21. The van der Waals surface area contributed by atoms with Crippen molar-refractivity contribution in [1.82, 2.24) is 4.90 Å². The van der Waals surface area contributed by atoms with Gasteiger partial charge in [0.1, 0.15) is 6.04 Å². The van der Waals surface area contributed by atoms with Gasteiger partial charge in [0.2, 0.25) is 5.91 Å². The molecule has 1 atom stereocenters. The fourth-order valence-electron chi connectivity index (χ4n) is 2.86. The Hall–Kier alpha value is -2.17. The Morgan fingerprint density at radius 1 is 1.26 bits per heavy atom. The summed E-state index contributed by atoms with van der Waals surface area (Å²) in [4.78, 5) is 39.5. The second-order valence-electron chi connectivity index (χ2n) is 4.87. The lowest BCUT2D eigenvalue weighted by Gasteiger charge is -2.23. The highest BCUT2D eigenvalue weighted by molar-refractivity contribution is 6.21.